The molecule has 0 radical (unpaired) electrons. The summed E-state index contributed by atoms with van der Waals surface area (Å²) in [6.45, 7) is 6.91. The molecule has 1 saturated carbocycles. The first-order chi connectivity index (χ1) is 6.06. The van der Waals surface area contributed by atoms with Crippen LogP contribution in [-0.4, -0.2) is 6.04 Å². The first-order valence-corrected chi connectivity index (χ1v) is 5.82. The van der Waals surface area contributed by atoms with Crippen LogP contribution in [0, 0.1) is 11.3 Å². The summed E-state index contributed by atoms with van der Waals surface area (Å²) in [6, 6.07) is 0.410. The zero-order valence-electron chi connectivity index (χ0n) is 9.47. The molecule has 2 N–H and O–H groups in total. The molecule has 1 fully saturated rings. The smallest absolute Gasteiger partial charge is 0.00903 e. The van der Waals surface area contributed by atoms with Crippen molar-refractivity contribution in [1.29, 1.82) is 0 Å². The monoisotopic (exact) mass is 183 g/mol. The van der Waals surface area contributed by atoms with Crippen LogP contribution in [0.4, 0.5) is 0 Å². The van der Waals surface area contributed by atoms with E-state index in [4.69, 9.17) is 5.73 Å². The summed E-state index contributed by atoms with van der Waals surface area (Å²) in [7, 11) is 0. The average molecular weight is 183 g/mol. The summed E-state index contributed by atoms with van der Waals surface area (Å²) in [5.74, 6) is 1.00. The summed E-state index contributed by atoms with van der Waals surface area (Å²) in [4.78, 5) is 0. The predicted octanol–water partition coefficient (Wildman–Crippen LogP) is 3.33. The van der Waals surface area contributed by atoms with Crippen LogP contribution in [0.5, 0.6) is 0 Å². The van der Waals surface area contributed by atoms with Gasteiger partial charge in [-0.1, -0.05) is 46.5 Å². The highest BCUT2D eigenvalue weighted by Gasteiger charge is 2.33. The van der Waals surface area contributed by atoms with Gasteiger partial charge >= 0.3 is 0 Å². The lowest BCUT2D eigenvalue weighted by atomic mass is 9.78. The van der Waals surface area contributed by atoms with Gasteiger partial charge in [-0.3, -0.25) is 0 Å². The Morgan fingerprint density at radius 1 is 1.38 bits per heavy atom. The Kier molecular flexibility index (Phi) is 3.78. The maximum atomic E-state index is 6.21. The lowest BCUT2D eigenvalue weighted by Crippen LogP contribution is -2.37. The molecular weight excluding hydrogens is 158 g/mol. The lowest BCUT2D eigenvalue weighted by molar-refractivity contribution is 0.235. The second-order valence-electron chi connectivity index (χ2n) is 5.38. The van der Waals surface area contributed by atoms with Gasteiger partial charge in [0.05, 0.1) is 0 Å². The van der Waals surface area contributed by atoms with Crippen LogP contribution in [0.2, 0.25) is 0 Å². The van der Waals surface area contributed by atoms with E-state index >= 15 is 0 Å². The topological polar surface area (TPSA) is 26.0 Å². The molecule has 13 heavy (non-hydrogen) atoms. The number of hydrogen-bond acceptors (Lipinski definition) is 1. The Labute approximate surface area is 83.1 Å². The van der Waals surface area contributed by atoms with E-state index in [1.807, 2.05) is 0 Å². The van der Waals surface area contributed by atoms with Crippen molar-refractivity contribution in [3.8, 4) is 0 Å². The molecule has 0 heterocycles. The van der Waals surface area contributed by atoms with Crippen LogP contribution in [0.1, 0.15) is 59.3 Å². The lowest BCUT2D eigenvalue weighted by Gasteiger charge is -2.31. The Bertz CT molecular complexity index is 147. The van der Waals surface area contributed by atoms with Gasteiger partial charge < -0.3 is 5.73 Å². The van der Waals surface area contributed by atoms with E-state index in [1.165, 1.54) is 38.5 Å². The highest BCUT2D eigenvalue weighted by molar-refractivity contribution is 4.87. The molecule has 0 bridgehead atoms. The SMILES string of the molecule is CCCCC(N)C(C)(C)CC1CC1. The minimum atomic E-state index is 0.371. The van der Waals surface area contributed by atoms with Crippen LogP contribution in [0.25, 0.3) is 0 Å². The van der Waals surface area contributed by atoms with Crippen molar-refractivity contribution < 1.29 is 0 Å². The standard InChI is InChI=1S/C12H25N/c1-4-5-6-11(13)12(2,3)9-10-7-8-10/h10-11H,4-9,13H2,1-3H3. The number of rotatable bonds is 6. The van der Waals surface area contributed by atoms with E-state index in [9.17, 15) is 0 Å². The molecule has 1 unspecified atom stereocenters. The number of unbranched alkanes of at least 4 members (excludes halogenated alkanes) is 1. The third kappa shape index (κ3) is 3.68. The van der Waals surface area contributed by atoms with Gasteiger partial charge in [-0.2, -0.15) is 0 Å². The van der Waals surface area contributed by atoms with E-state index in [1.54, 1.807) is 0 Å². The van der Waals surface area contributed by atoms with Gasteiger partial charge in [0.1, 0.15) is 0 Å². The molecule has 0 saturated heterocycles. The van der Waals surface area contributed by atoms with E-state index in [-0.39, 0.29) is 0 Å². The van der Waals surface area contributed by atoms with E-state index in [0.29, 0.717) is 11.5 Å². The van der Waals surface area contributed by atoms with Gasteiger partial charge in [-0.25, -0.2) is 0 Å². The predicted molar refractivity (Wildman–Crippen MR) is 58.6 cm³/mol. The highest BCUT2D eigenvalue weighted by Crippen LogP contribution is 2.41. The van der Waals surface area contributed by atoms with Crippen LogP contribution in [0.15, 0.2) is 0 Å². The molecule has 0 amide bonds. The van der Waals surface area contributed by atoms with Crippen LogP contribution < -0.4 is 5.73 Å². The Balaban J connectivity index is 2.27. The fourth-order valence-corrected chi connectivity index (χ4v) is 2.03. The zero-order valence-corrected chi connectivity index (χ0v) is 9.47. The summed E-state index contributed by atoms with van der Waals surface area (Å²) in [5, 5.41) is 0. The Hall–Kier alpha value is -0.0400. The van der Waals surface area contributed by atoms with Gasteiger partial charge in [0.15, 0.2) is 0 Å². The Morgan fingerprint density at radius 3 is 2.46 bits per heavy atom. The third-order valence-corrected chi connectivity index (χ3v) is 3.38. The van der Waals surface area contributed by atoms with Crippen LogP contribution >= 0.6 is 0 Å². The minimum absolute atomic E-state index is 0.371. The molecule has 0 aromatic heterocycles. The molecule has 1 aliphatic carbocycles. The average Bonchev–Trinajstić information content (AvgIpc) is 2.83. The van der Waals surface area contributed by atoms with Gasteiger partial charge in [-0.05, 0) is 24.2 Å². The molecule has 78 valence electrons. The van der Waals surface area contributed by atoms with Crippen molar-refractivity contribution in [3.63, 3.8) is 0 Å². The quantitative estimate of drug-likeness (QED) is 0.671. The molecular formula is C12H25N. The first kappa shape index (κ1) is 11.0. The maximum Gasteiger partial charge on any atom is 0.00903 e. The first-order valence-electron chi connectivity index (χ1n) is 5.82. The maximum absolute atomic E-state index is 6.21. The summed E-state index contributed by atoms with van der Waals surface area (Å²) >= 11 is 0. The van der Waals surface area contributed by atoms with Gasteiger partial charge in [0.2, 0.25) is 0 Å². The molecule has 1 aliphatic rings. The summed E-state index contributed by atoms with van der Waals surface area (Å²) in [5.41, 5.74) is 6.58. The van der Waals surface area contributed by atoms with Crippen LogP contribution in [-0.2, 0) is 0 Å². The minimum Gasteiger partial charge on any atom is -0.327 e. The van der Waals surface area contributed by atoms with Crippen molar-refractivity contribution in [2.24, 2.45) is 17.1 Å². The number of hydrogen-bond donors (Lipinski definition) is 1. The number of nitrogens with two attached hydrogens (primary N) is 1. The van der Waals surface area contributed by atoms with Crippen molar-refractivity contribution in [2.75, 3.05) is 0 Å². The molecule has 1 nitrogen and oxygen atoms in total. The van der Waals surface area contributed by atoms with E-state index in [0.717, 1.165) is 5.92 Å². The van der Waals surface area contributed by atoms with Crippen molar-refractivity contribution in [1.82, 2.24) is 0 Å². The molecule has 0 spiro atoms. The fraction of sp³-hybridized carbons (Fsp3) is 1.00. The van der Waals surface area contributed by atoms with Crippen molar-refractivity contribution >= 4 is 0 Å². The summed E-state index contributed by atoms with van der Waals surface area (Å²) < 4.78 is 0. The Morgan fingerprint density at radius 2 is 2.00 bits per heavy atom. The molecule has 0 aliphatic heterocycles. The van der Waals surface area contributed by atoms with E-state index < -0.39 is 0 Å². The van der Waals surface area contributed by atoms with Crippen LogP contribution in [0.3, 0.4) is 0 Å². The largest absolute Gasteiger partial charge is 0.327 e. The van der Waals surface area contributed by atoms with Gasteiger partial charge in [0, 0.05) is 6.04 Å². The second-order valence-corrected chi connectivity index (χ2v) is 5.38. The second kappa shape index (κ2) is 4.45. The molecule has 1 rings (SSSR count). The molecule has 0 aromatic rings. The fourth-order valence-electron chi connectivity index (χ4n) is 2.03. The highest BCUT2D eigenvalue weighted by atomic mass is 14.7. The molecule has 1 atom stereocenters. The summed E-state index contributed by atoms with van der Waals surface area (Å²) in [6.07, 6.45) is 8.00. The van der Waals surface area contributed by atoms with Gasteiger partial charge in [0.25, 0.3) is 0 Å². The normalized spacial score (nSPS) is 20.3. The zero-order chi connectivity index (χ0) is 9.90. The molecule has 1 heteroatoms. The van der Waals surface area contributed by atoms with E-state index in [2.05, 4.69) is 20.8 Å². The van der Waals surface area contributed by atoms with Crippen molar-refractivity contribution in [3.05, 3.63) is 0 Å². The molecule has 0 aromatic carbocycles. The third-order valence-electron chi connectivity index (χ3n) is 3.38. The van der Waals surface area contributed by atoms with Gasteiger partial charge in [-0.15, -0.1) is 0 Å². The van der Waals surface area contributed by atoms with Crippen molar-refractivity contribution in [2.45, 2.75) is 65.3 Å².